The first-order valence-electron chi connectivity index (χ1n) is 12.3. The van der Waals surface area contributed by atoms with Gasteiger partial charge in [0.1, 0.15) is 17.2 Å². The number of carbonyl (C=O) groups is 1. The van der Waals surface area contributed by atoms with Gasteiger partial charge in [0.15, 0.2) is 5.82 Å². The van der Waals surface area contributed by atoms with Gasteiger partial charge in [0.05, 0.1) is 23.1 Å². The Kier molecular flexibility index (Phi) is 6.60. The van der Waals surface area contributed by atoms with Crippen LogP contribution in [0.25, 0.3) is 22.2 Å². The number of benzene rings is 2. The van der Waals surface area contributed by atoms with E-state index in [4.69, 9.17) is 26.0 Å². The number of imidazole rings is 1. The summed E-state index contributed by atoms with van der Waals surface area (Å²) in [7, 11) is -4.23. The number of nitrogens with two attached hydrogens (primary N) is 2. The maximum absolute atomic E-state index is 13.3. The Hall–Kier alpha value is -3.85. The first kappa shape index (κ1) is 27.3. The van der Waals surface area contributed by atoms with Gasteiger partial charge in [0, 0.05) is 29.1 Å². The minimum Gasteiger partial charge on any atom is -0.434 e. The Bertz CT molecular complexity index is 1710. The lowest BCUT2D eigenvalue weighted by atomic mass is 9.97. The van der Waals surface area contributed by atoms with Crippen molar-refractivity contribution < 1.29 is 36.6 Å². The zero-order valence-corrected chi connectivity index (χ0v) is 22.5. The zero-order valence-electron chi connectivity index (χ0n) is 21.7. The van der Waals surface area contributed by atoms with E-state index in [0.29, 0.717) is 28.9 Å². The standard InChI is InChI=1S/C25H24F2N7O6P/c1-25(2,38-41(36,39-28)40-29)23-30-10-13(11-31-23)12-6-7-15-17(8-12)34-18-9-16(21(34)32-15)33-22(35)14-4-3-5-19(20(14)18)37-24(26)27/h3-8,10-11,16,18,24H,9,28-29H2,1-2H3,(H,33,35)/t16?,18-/m1/s1. The highest BCUT2D eigenvalue weighted by molar-refractivity contribution is 7.48. The van der Waals surface area contributed by atoms with Crippen LogP contribution in [0.5, 0.6) is 5.75 Å². The largest absolute Gasteiger partial charge is 0.508 e. The number of phosphoric acid groups is 1. The molecule has 2 aliphatic heterocycles. The minimum absolute atomic E-state index is 0.0532. The van der Waals surface area contributed by atoms with Gasteiger partial charge in [-0.2, -0.15) is 18.0 Å². The van der Waals surface area contributed by atoms with Gasteiger partial charge in [-0.05, 0) is 50.1 Å². The van der Waals surface area contributed by atoms with Crippen molar-refractivity contribution in [2.24, 2.45) is 11.8 Å². The average Bonchev–Trinajstić information content (AvgIpc) is 3.44. The first-order chi connectivity index (χ1) is 19.5. The summed E-state index contributed by atoms with van der Waals surface area (Å²) < 4.78 is 59.4. The van der Waals surface area contributed by atoms with Crippen molar-refractivity contribution in [1.82, 2.24) is 24.8 Å². The van der Waals surface area contributed by atoms with Gasteiger partial charge in [0.2, 0.25) is 0 Å². The van der Waals surface area contributed by atoms with Crippen molar-refractivity contribution in [1.29, 1.82) is 0 Å². The quantitative estimate of drug-likeness (QED) is 0.200. The van der Waals surface area contributed by atoms with Crippen LogP contribution in [-0.4, -0.2) is 32.0 Å². The molecule has 1 unspecified atom stereocenters. The smallest absolute Gasteiger partial charge is 0.434 e. The van der Waals surface area contributed by atoms with Crippen molar-refractivity contribution >= 4 is 24.8 Å². The molecule has 5 N–H and O–H groups in total. The molecule has 2 aromatic carbocycles. The van der Waals surface area contributed by atoms with Crippen LogP contribution in [0.4, 0.5) is 8.78 Å². The van der Waals surface area contributed by atoms with Gasteiger partial charge in [-0.1, -0.05) is 12.1 Å². The minimum atomic E-state index is -4.23. The molecule has 4 aromatic rings. The lowest BCUT2D eigenvalue weighted by Gasteiger charge is -2.25. The molecule has 13 nitrogen and oxygen atoms in total. The highest BCUT2D eigenvalue weighted by Crippen LogP contribution is 2.51. The second-order valence-electron chi connectivity index (χ2n) is 9.97. The highest BCUT2D eigenvalue weighted by Gasteiger charge is 2.42. The van der Waals surface area contributed by atoms with Crippen LogP contribution >= 0.6 is 7.82 Å². The van der Waals surface area contributed by atoms with Gasteiger partial charge in [-0.15, -0.1) is 0 Å². The molecule has 2 bridgehead atoms. The van der Waals surface area contributed by atoms with E-state index >= 15 is 0 Å². The number of hydrogen-bond donors (Lipinski definition) is 3. The average molecular weight is 587 g/mol. The molecule has 0 aliphatic carbocycles. The Morgan fingerprint density at radius 3 is 2.54 bits per heavy atom. The molecule has 0 fully saturated rings. The summed E-state index contributed by atoms with van der Waals surface area (Å²) in [5.74, 6) is 10.3. The van der Waals surface area contributed by atoms with E-state index in [0.717, 1.165) is 11.1 Å². The fourth-order valence-corrected chi connectivity index (χ4v) is 6.14. The van der Waals surface area contributed by atoms with Crippen LogP contribution < -0.4 is 21.8 Å². The lowest BCUT2D eigenvalue weighted by Crippen LogP contribution is -2.28. The lowest BCUT2D eigenvalue weighted by molar-refractivity contribution is -0.0507. The zero-order chi connectivity index (χ0) is 29.1. The summed E-state index contributed by atoms with van der Waals surface area (Å²) in [5, 5.41) is 2.96. The summed E-state index contributed by atoms with van der Waals surface area (Å²) in [6.07, 6.45) is 3.54. The van der Waals surface area contributed by atoms with Gasteiger partial charge in [-0.3, -0.25) is 9.32 Å². The molecule has 0 saturated heterocycles. The maximum Gasteiger partial charge on any atom is 0.508 e. The van der Waals surface area contributed by atoms with Crippen LogP contribution in [0.15, 0.2) is 48.8 Å². The molecular weight excluding hydrogens is 563 g/mol. The number of nitrogens with zero attached hydrogens (tertiary/aromatic N) is 4. The summed E-state index contributed by atoms with van der Waals surface area (Å²) in [5.41, 5.74) is 2.09. The number of amides is 1. The molecule has 1 amide bonds. The third-order valence-corrected chi connectivity index (χ3v) is 8.28. The first-order valence-corrected chi connectivity index (χ1v) is 13.8. The predicted molar refractivity (Wildman–Crippen MR) is 139 cm³/mol. The maximum atomic E-state index is 13.3. The van der Waals surface area contributed by atoms with Gasteiger partial charge in [-0.25, -0.2) is 31.3 Å². The number of fused-ring (bicyclic) bond motifs is 9. The molecule has 2 atom stereocenters. The van der Waals surface area contributed by atoms with Gasteiger partial charge < -0.3 is 14.6 Å². The van der Waals surface area contributed by atoms with Gasteiger partial charge >= 0.3 is 14.4 Å². The topological polar surface area (TPSA) is 179 Å². The summed E-state index contributed by atoms with van der Waals surface area (Å²) in [4.78, 5) is 26.4. The second-order valence-corrected chi connectivity index (χ2v) is 11.5. The SMILES string of the molecule is CC(C)(OP(=O)(ON)ON)c1ncc(-c2ccc3nc4n(c3c2)[C@@H]2CC4NC(=O)c3cccc(OC(F)F)c32)cn1. The van der Waals surface area contributed by atoms with Crippen LogP contribution in [0.1, 0.15) is 59.9 Å². The number of hydrogen-bond acceptors (Lipinski definition) is 11. The third kappa shape index (κ3) is 4.66. The van der Waals surface area contributed by atoms with Crippen LogP contribution in [0.2, 0.25) is 0 Å². The third-order valence-electron chi connectivity index (χ3n) is 7.09. The number of nitrogens with one attached hydrogen (secondary N) is 1. The normalized spacial score (nSPS) is 18.3. The van der Waals surface area contributed by atoms with E-state index in [2.05, 4.69) is 24.5 Å². The van der Waals surface area contributed by atoms with Crippen LogP contribution in [0, 0.1) is 0 Å². The second kappa shape index (κ2) is 9.91. The number of ether oxygens (including phenoxy) is 1. The van der Waals surface area contributed by atoms with Crippen LogP contribution in [0.3, 0.4) is 0 Å². The van der Waals surface area contributed by atoms with E-state index in [1.165, 1.54) is 26.0 Å². The van der Waals surface area contributed by atoms with Crippen molar-refractivity contribution in [2.45, 2.75) is 44.6 Å². The van der Waals surface area contributed by atoms with E-state index in [-0.39, 0.29) is 23.0 Å². The summed E-state index contributed by atoms with van der Waals surface area (Å²) >= 11 is 0. The monoisotopic (exact) mass is 587 g/mol. The summed E-state index contributed by atoms with van der Waals surface area (Å²) in [6.45, 7) is 0.0290. The van der Waals surface area contributed by atoms with E-state index in [1.807, 2.05) is 22.8 Å². The van der Waals surface area contributed by atoms with Crippen molar-refractivity contribution in [3.05, 3.63) is 71.6 Å². The number of rotatable bonds is 8. The molecule has 16 heteroatoms. The molecule has 0 saturated carbocycles. The molecule has 214 valence electrons. The Labute approximate surface area is 231 Å². The highest BCUT2D eigenvalue weighted by atomic mass is 31.2. The van der Waals surface area contributed by atoms with E-state index in [1.54, 1.807) is 18.5 Å². The molecule has 41 heavy (non-hydrogen) atoms. The fourth-order valence-electron chi connectivity index (χ4n) is 5.37. The Morgan fingerprint density at radius 2 is 1.85 bits per heavy atom. The van der Waals surface area contributed by atoms with Gasteiger partial charge in [0.25, 0.3) is 5.91 Å². The van der Waals surface area contributed by atoms with Crippen molar-refractivity contribution in [2.75, 3.05) is 0 Å². The molecule has 2 aromatic heterocycles. The van der Waals surface area contributed by atoms with E-state index in [9.17, 15) is 18.1 Å². The van der Waals surface area contributed by atoms with Crippen molar-refractivity contribution in [3.8, 4) is 16.9 Å². The molecule has 4 heterocycles. The fraction of sp³-hybridized carbons (Fsp3) is 0.280. The Morgan fingerprint density at radius 1 is 1.12 bits per heavy atom. The molecule has 2 aliphatic rings. The number of alkyl halides is 2. The Balaban J connectivity index is 1.39. The van der Waals surface area contributed by atoms with Crippen molar-refractivity contribution in [3.63, 3.8) is 0 Å². The van der Waals surface area contributed by atoms with E-state index < -0.39 is 32.1 Å². The van der Waals surface area contributed by atoms with Crippen LogP contribution in [-0.2, 0) is 23.9 Å². The number of aromatic nitrogens is 4. The molecule has 6 rings (SSSR count). The predicted octanol–water partition coefficient (Wildman–Crippen LogP) is 4.01. The molecule has 0 spiro atoms. The molecular formula is C25H24F2N7O6P. The number of halogens is 2. The molecule has 0 radical (unpaired) electrons. The summed E-state index contributed by atoms with van der Waals surface area (Å²) in [6, 6.07) is 9.21. The number of carbonyl (C=O) groups excluding carboxylic acids is 1.